The lowest BCUT2D eigenvalue weighted by atomic mass is 10.1. The smallest absolute Gasteiger partial charge is 0.321 e. The zero-order chi connectivity index (χ0) is 17.6. The summed E-state index contributed by atoms with van der Waals surface area (Å²) < 4.78 is 24.0. The molecule has 6 heteroatoms. The Hall–Kier alpha value is -1.40. The van der Waals surface area contributed by atoms with E-state index in [-0.39, 0.29) is 0 Å². The molecular weight excluding hydrogens is 314 g/mol. The highest BCUT2D eigenvalue weighted by Gasteiger charge is 2.20. The summed E-state index contributed by atoms with van der Waals surface area (Å²) in [4.78, 5) is 10.8. The van der Waals surface area contributed by atoms with Crippen LogP contribution in [0.1, 0.15) is 51.9 Å². The van der Waals surface area contributed by atoms with Crippen molar-refractivity contribution in [2.45, 2.75) is 57.9 Å². The zero-order valence-corrected chi connectivity index (χ0v) is 14.9. The molecule has 23 heavy (non-hydrogen) atoms. The van der Waals surface area contributed by atoms with Crippen LogP contribution >= 0.6 is 0 Å². The molecule has 132 valence electrons. The third-order valence-electron chi connectivity index (χ3n) is 3.17. The molecule has 5 nitrogen and oxygen atoms in total. The molecule has 1 unspecified atom stereocenters. The van der Waals surface area contributed by atoms with Gasteiger partial charge in [0, 0.05) is 0 Å². The van der Waals surface area contributed by atoms with E-state index < -0.39 is 22.0 Å². The van der Waals surface area contributed by atoms with Gasteiger partial charge in [0.05, 0.1) is 6.26 Å². The summed E-state index contributed by atoms with van der Waals surface area (Å²) in [6.45, 7) is 2.14. The SMILES string of the molecule is CCCCCCCCC(NS(C)(=O)=O)C(=O)O.c1ccccc1. The second kappa shape index (κ2) is 13.1. The Morgan fingerprint density at radius 2 is 1.39 bits per heavy atom. The number of sulfonamides is 1. The van der Waals surface area contributed by atoms with E-state index >= 15 is 0 Å². The molecule has 1 aromatic carbocycles. The van der Waals surface area contributed by atoms with Crippen LogP contribution in [0.4, 0.5) is 0 Å². The number of carboxylic acids is 1. The number of carbonyl (C=O) groups is 1. The first-order chi connectivity index (χ1) is 10.9. The Kier molecular flexibility index (Phi) is 12.3. The standard InChI is InChI=1S/C11H23NO4S.C6H6/c1-3-4-5-6-7-8-9-10(11(13)14)12-17(2,15)16;1-2-4-6-5-3-1/h10,12H,3-9H2,1-2H3,(H,13,14);1-6H. The highest BCUT2D eigenvalue weighted by Crippen LogP contribution is 2.09. The molecule has 0 bridgehead atoms. The Labute approximate surface area is 140 Å². The van der Waals surface area contributed by atoms with E-state index in [0.717, 1.165) is 31.9 Å². The number of aliphatic carboxylic acids is 1. The Balaban J connectivity index is 0.000000664. The van der Waals surface area contributed by atoms with E-state index in [9.17, 15) is 13.2 Å². The zero-order valence-electron chi connectivity index (χ0n) is 14.1. The van der Waals surface area contributed by atoms with Gasteiger partial charge in [0.25, 0.3) is 0 Å². The Bertz CT molecular complexity index is 476. The maximum absolute atomic E-state index is 10.9. The molecule has 0 radical (unpaired) electrons. The van der Waals surface area contributed by atoms with Gasteiger partial charge in [-0.05, 0) is 6.42 Å². The first kappa shape index (κ1) is 21.6. The lowest BCUT2D eigenvalue weighted by Gasteiger charge is -2.12. The van der Waals surface area contributed by atoms with Crippen molar-refractivity contribution in [1.82, 2.24) is 4.72 Å². The Morgan fingerprint density at radius 3 is 1.78 bits per heavy atom. The number of hydrogen-bond acceptors (Lipinski definition) is 3. The molecule has 0 heterocycles. The van der Waals surface area contributed by atoms with Gasteiger partial charge >= 0.3 is 5.97 Å². The molecule has 0 saturated heterocycles. The van der Waals surface area contributed by atoms with Crippen LogP contribution in [0.15, 0.2) is 36.4 Å². The van der Waals surface area contributed by atoms with Crippen LogP contribution in [0, 0.1) is 0 Å². The largest absolute Gasteiger partial charge is 0.480 e. The highest BCUT2D eigenvalue weighted by molar-refractivity contribution is 7.88. The van der Waals surface area contributed by atoms with Crippen molar-refractivity contribution < 1.29 is 18.3 Å². The number of benzene rings is 1. The van der Waals surface area contributed by atoms with Crippen LogP contribution in [0.3, 0.4) is 0 Å². The first-order valence-electron chi connectivity index (χ1n) is 8.07. The molecule has 0 aromatic heterocycles. The number of rotatable bonds is 10. The van der Waals surface area contributed by atoms with Gasteiger partial charge in [0.2, 0.25) is 10.0 Å². The van der Waals surface area contributed by atoms with Crippen molar-refractivity contribution in [3.63, 3.8) is 0 Å². The molecule has 0 aliphatic rings. The molecule has 0 aliphatic carbocycles. The van der Waals surface area contributed by atoms with E-state index in [1.54, 1.807) is 0 Å². The van der Waals surface area contributed by atoms with Gasteiger partial charge in [-0.2, -0.15) is 0 Å². The van der Waals surface area contributed by atoms with Crippen molar-refractivity contribution in [2.75, 3.05) is 6.26 Å². The van der Waals surface area contributed by atoms with Gasteiger partial charge < -0.3 is 5.11 Å². The number of carboxylic acid groups (broad SMARTS) is 1. The minimum Gasteiger partial charge on any atom is -0.480 e. The van der Waals surface area contributed by atoms with Gasteiger partial charge in [-0.3, -0.25) is 4.79 Å². The van der Waals surface area contributed by atoms with Gasteiger partial charge in [-0.15, -0.1) is 0 Å². The summed E-state index contributed by atoms with van der Waals surface area (Å²) in [6, 6.07) is 11.0. The quantitative estimate of drug-likeness (QED) is 0.638. The van der Waals surface area contributed by atoms with Gasteiger partial charge in [-0.25, -0.2) is 13.1 Å². The summed E-state index contributed by atoms with van der Waals surface area (Å²) in [5.41, 5.74) is 0. The lowest BCUT2D eigenvalue weighted by Crippen LogP contribution is -2.40. The molecule has 0 spiro atoms. The molecule has 0 saturated carbocycles. The van der Waals surface area contributed by atoms with Gasteiger partial charge in [-0.1, -0.05) is 81.8 Å². The molecule has 1 atom stereocenters. The molecule has 1 aromatic rings. The van der Waals surface area contributed by atoms with Crippen molar-refractivity contribution in [3.8, 4) is 0 Å². The van der Waals surface area contributed by atoms with Crippen LogP contribution in [0.25, 0.3) is 0 Å². The number of nitrogens with one attached hydrogen (secondary N) is 1. The summed E-state index contributed by atoms with van der Waals surface area (Å²) in [5.74, 6) is -1.11. The van der Waals surface area contributed by atoms with Crippen LogP contribution < -0.4 is 4.72 Å². The monoisotopic (exact) mass is 343 g/mol. The minimum absolute atomic E-state index is 0.356. The van der Waals surface area contributed by atoms with Crippen LogP contribution in [0.5, 0.6) is 0 Å². The molecule has 1 rings (SSSR count). The summed E-state index contributed by atoms with van der Waals surface area (Å²) in [6.07, 6.45) is 7.64. The average Bonchev–Trinajstić information content (AvgIpc) is 2.50. The summed E-state index contributed by atoms with van der Waals surface area (Å²) >= 11 is 0. The van der Waals surface area contributed by atoms with Crippen LogP contribution in [-0.4, -0.2) is 31.8 Å². The van der Waals surface area contributed by atoms with Crippen LogP contribution in [-0.2, 0) is 14.8 Å². The van der Waals surface area contributed by atoms with E-state index in [1.807, 2.05) is 36.4 Å². The molecule has 2 N–H and O–H groups in total. The summed E-state index contributed by atoms with van der Waals surface area (Å²) in [5, 5.41) is 8.85. The number of hydrogen-bond donors (Lipinski definition) is 2. The maximum Gasteiger partial charge on any atom is 0.321 e. The number of unbranched alkanes of at least 4 members (excludes halogenated alkanes) is 5. The van der Waals surface area contributed by atoms with Crippen molar-refractivity contribution in [2.24, 2.45) is 0 Å². The van der Waals surface area contributed by atoms with Crippen LogP contribution in [0.2, 0.25) is 0 Å². The van der Waals surface area contributed by atoms with Crippen molar-refractivity contribution >= 4 is 16.0 Å². The fourth-order valence-electron chi connectivity index (χ4n) is 2.00. The minimum atomic E-state index is -3.45. The Morgan fingerprint density at radius 1 is 0.957 bits per heavy atom. The molecule has 0 aliphatic heterocycles. The first-order valence-corrected chi connectivity index (χ1v) is 9.96. The maximum atomic E-state index is 10.9. The summed E-state index contributed by atoms with van der Waals surface area (Å²) in [7, 11) is -3.45. The van der Waals surface area contributed by atoms with E-state index in [2.05, 4.69) is 11.6 Å². The predicted octanol–water partition coefficient (Wildman–Crippen LogP) is 3.43. The van der Waals surface area contributed by atoms with Gasteiger partial charge in [0.15, 0.2) is 0 Å². The van der Waals surface area contributed by atoms with Gasteiger partial charge in [0.1, 0.15) is 6.04 Å². The fraction of sp³-hybridized carbons (Fsp3) is 0.588. The van der Waals surface area contributed by atoms with E-state index in [4.69, 9.17) is 5.11 Å². The fourth-order valence-corrected chi connectivity index (χ4v) is 2.74. The lowest BCUT2D eigenvalue weighted by molar-refractivity contribution is -0.139. The normalized spacial score (nSPS) is 12.1. The molecule has 0 fully saturated rings. The second-order valence-electron chi connectivity index (χ2n) is 5.49. The third kappa shape index (κ3) is 15.3. The van der Waals surface area contributed by atoms with Crippen molar-refractivity contribution in [1.29, 1.82) is 0 Å². The second-order valence-corrected chi connectivity index (χ2v) is 7.27. The predicted molar refractivity (Wildman–Crippen MR) is 93.8 cm³/mol. The molecular formula is C17H29NO4S. The highest BCUT2D eigenvalue weighted by atomic mass is 32.2. The molecule has 0 amide bonds. The van der Waals surface area contributed by atoms with E-state index in [1.165, 1.54) is 12.8 Å². The third-order valence-corrected chi connectivity index (χ3v) is 3.88. The van der Waals surface area contributed by atoms with E-state index in [0.29, 0.717) is 6.42 Å². The topological polar surface area (TPSA) is 83.5 Å². The average molecular weight is 343 g/mol. The van der Waals surface area contributed by atoms with Crippen molar-refractivity contribution in [3.05, 3.63) is 36.4 Å².